The zero-order valence-electron chi connectivity index (χ0n) is 10.5. The summed E-state index contributed by atoms with van der Waals surface area (Å²) >= 11 is 5.31. The van der Waals surface area contributed by atoms with Gasteiger partial charge in [-0.15, -0.1) is 11.3 Å². The summed E-state index contributed by atoms with van der Waals surface area (Å²) in [5.41, 5.74) is 1.42. The maximum atomic E-state index is 3.57. The lowest BCUT2D eigenvalue weighted by molar-refractivity contribution is 0.565. The van der Waals surface area contributed by atoms with E-state index in [1.54, 1.807) is 11.3 Å². The van der Waals surface area contributed by atoms with E-state index in [-0.39, 0.29) is 0 Å². The van der Waals surface area contributed by atoms with Crippen LogP contribution in [-0.4, -0.2) is 6.54 Å². The Bertz CT molecular complexity index is 466. The third-order valence-corrected chi connectivity index (χ3v) is 4.76. The van der Waals surface area contributed by atoms with Gasteiger partial charge < -0.3 is 5.32 Å². The number of benzene rings is 1. The van der Waals surface area contributed by atoms with Crippen LogP contribution in [0.25, 0.3) is 0 Å². The Balaban J connectivity index is 1.69. The van der Waals surface area contributed by atoms with Crippen LogP contribution in [0.15, 0.2) is 46.3 Å². The summed E-state index contributed by atoms with van der Waals surface area (Å²) in [5, 5.41) is 3.57. The van der Waals surface area contributed by atoms with Crippen molar-refractivity contribution in [3.63, 3.8) is 0 Å². The van der Waals surface area contributed by atoms with Crippen molar-refractivity contribution in [1.29, 1.82) is 0 Å². The summed E-state index contributed by atoms with van der Waals surface area (Å²) in [6.45, 7) is 3.28. The number of rotatable bonds is 6. The Morgan fingerprint density at radius 3 is 2.61 bits per heavy atom. The van der Waals surface area contributed by atoms with E-state index in [4.69, 9.17) is 0 Å². The SMILES string of the molecule is CC(NCCCc1ccccc1)c1ccc(Br)s1. The van der Waals surface area contributed by atoms with Gasteiger partial charge in [0.05, 0.1) is 3.79 Å². The maximum absolute atomic E-state index is 3.57. The largest absolute Gasteiger partial charge is 0.309 e. The molecule has 1 aromatic heterocycles. The summed E-state index contributed by atoms with van der Waals surface area (Å²) in [6.07, 6.45) is 2.33. The molecule has 3 heteroatoms. The van der Waals surface area contributed by atoms with E-state index in [0.717, 1.165) is 13.0 Å². The van der Waals surface area contributed by atoms with Crippen molar-refractivity contribution in [2.24, 2.45) is 0 Å². The molecule has 0 aliphatic carbocycles. The molecule has 0 saturated heterocycles. The molecule has 1 atom stereocenters. The highest BCUT2D eigenvalue weighted by Crippen LogP contribution is 2.26. The van der Waals surface area contributed by atoms with Crippen molar-refractivity contribution in [3.8, 4) is 0 Å². The molecule has 1 N–H and O–H groups in total. The highest BCUT2D eigenvalue weighted by atomic mass is 79.9. The summed E-state index contributed by atoms with van der Waals surface area (Å²) < 4.78 is 1.20. The predicted octanol–water partition coefficient (Wildman–Crippen LogP) is 4.79. The molecule has 2 aromatic rings. The van der Waals surface area contributed by atoms with E-state index in [1.807, 2.05) is 0 Å². The molecule has 1 aromatic carbocycles. The van der Waals surface area contributed by atoms with E-state index in [9.17, 15) is 0 Å². The molecule has 1 nitrogen and oxygen atoms in total. The van der Waals surface area contributed by atoms with Gasteiger partial charge in [-0.3, -0.25) is 0 Å². The molecule has 1 heterocycles. The molecule has 1 unspecified atom stereocenters. The molecule has 0 fully saturated rings. The molecule has 0 amide bonds. The van der Waals surface area contributed by atoms with E-state index < -0.39 is 0 Å². The molecule has 2 rings (SSSR count). The van der Waals surface area contributed by atoms with Crippen molar-refractivity contribution in [2.45, 2.75) is 25.8 Å². The fraction of sp³-hybridized carbons (Fsp3) is 0.333. The Kier molecular flexibility index (Phi) is 5.42. The molecule has 0 bridgehead atoms. The van der Waals surface area contributed by atoms with E-state index >= 15 is 0 Å². The number of halogens is 1. The highest BCUT2D eigenvalue weighted by molar-refractivity contribution is 9.11. The highest BCUT2D eigenvalue weighted by Gasteiger charge is 2.06. The second kappa shape index (κ2) is 7.07. The van der Waals surface area contributed by atoms with Gasteiger partial charge in [-0.2, -0.15) is 0 Å². The van der Waals surface area contributed by atoms with Gasteiger partial charge in [0, 0.05) is 10.9 Å². The van der Waals surface area contributed by atoms with Crippen molar-refractivity contribution in [3.05, 3.63) is 56.7 Å². The minimum Gasteiger partial charge on any atom is -0.309 e. The van der Waals surface area contributed by atoms with E-state index in [0.29, 0.717) is 6.04 Å². The first-order valence-corrected chi connectivity index (χ1v) is 7.89. The van der Waals surface area contributed by atoms with Crippen molar-refractivity contribution in [2.75, 3.05) is 6.54 Å². The minimum atomic E-state index is 0.442. The van der Waals surface area contributed by atoms with Crippen LogP contribution in [0.2, 0.25) is 0 Å². The topological polar surface area (TPSA) is 12.0 Å². The molecule has 0 saturated carbocycles. The fourth-order valence-electron chi connectivity index (χ4n) is 1.92. The quantitative estimate of drug-likeness (QED) is 0.753. The van der Waals surface area contributed by atoms with Gasteiger partial charge in [-0.05, 0) is 59.9 Å². The summed E-state index contributed by atoms with van der Waals surface area (Å²) in [6, 6.07) is 15.4. The Morgan fingerprint density at radius 1 is 1.17 bits per heavy atom. The Morgan fingerprint density at radius 2 is 1.94 bits per heavy atom. The second-order valence-electron chi connectivity index (χ2n) is 4.41. The molecule has 96 valence electrons. The summed E-state index contributed by atoms with van der Waals surface area (Å²) in [5.74, 6) is 0. The molecule has 0 aliphatic rings. The van der Waals surface area contributed by atoms with Crippen LogP contribution in [0.1, 0.15) is 29.8 Å². The van der Waals surface area contributed by atoms with Crippen LogP contribution in [0.4, 0.5) is 0 Å². The Labute approximate surface area is 121 Å². The number of nitrogens with one attached hydrogen (secondary N) is 1. The predicted molar refractivity (Wildman–Crippen MR) is 83.2 cm³/mol. The average molecular weight is 324 g/mol. The third kappa shape index (κ3) is 4.23. The zero-order valence-corrected chi connectivity index (χ0v) is 12.9. The Hall–Kier alpha value is -0.640. The van der Waals surface area contributed by atoms with Gasteiger partial charge >= 0.3 is 0 Å². The first-order chi connectivity index (χ1) is 8.75. The lowest BCUT2D eigenvalue weighted by Gasteiger charge is -2.11. The lowest BCUT2D eigenvalue weighted by Crippen LogP contribution is -2.19. The van der Waals surface area contributed by atoms with E-state index in [1.165, 1.54) is 20.6 Å². The minimum absolute atomic E-state index is 0.442. The number of hydrogen-bond donors (Lipinski definition) is 1. The van der Waals surface area contributed by atoms with E-state index in [2.05, 4.69) is 70.6 Å². The smallest absolute Gasteiger partial charge is 0.0701 e. The van der Waals surface area contributed by atoms with Crippen LogP contribution in [0, 0.1) is 0 Å². The standard InChI is InChI=1S/C15H18BrNS/c1-12(14-9-10-15(16)18-14)17-11-5-8-13-6-3-2-4-7-13/h2-4,6-7,9-10,12,17H,5,8,11H2,1H3. The fourth-order valence-corrected chi connectivity index (χ4v) is 3.37. The molecule has 18 heavy (non-hydrogen) atoms. The zero-order chi connectivity index (χ0) is 12.8. The molecule has 0 aliphatic heterocycles. The molecular weight excluding hydrogens is 306 g/mol. The van der Waals surface area contributed by atoms with Gasteiger partial charge in [-0.25, -0.2) is 0 Å². The van der Waals surface area contributed by atoms with Crippen LogP contribution in [0.5, 0.6) is 0 Å². The van der Waals surface area contributed by atoms with Gasteiger partial charge in [0.1, 0.15) is 0 Å². The van der Waals surface area contributed by atoms with Crippen molar-refractivity contribution in [1.82, 2.24) is 5.32 Å². The first-order valence-electron chi connectivity index (χ1n) is 6.28. The van der Waals surface area contributed by atoms with Crippen LogP contribution >= 0.6 is 27.3 Å². The first kappa shape index (κ1) is 13.8. The van der Waals surface area contributed by atoms with Gasteiger partial charge in [-0.1, -0.05) is 30.3 Å². The molecule has 0 radical (unpaired) electrons. The number of hydrogen-bond acceptors (Lipinski definition) is 2. The lowest BCUT2D eigenvalue weighted by atomic mass is 10.1. The van der Waals surface area contributed by atoms with Crippen molar-refractivity contribution >= 4 is 27.3 Å². The van der Waals surface area contributed by atoms with Crippen molar-refractivity contribution < 1.29 is 0 Å². The summed E-state index contributed by atoms with van der Waals surface area (Å²) in [7, 11) is 0. The monoisotopic (exact) mass is 323 g/mol. The third-order valence-electron chi connectivity index (χ3n) is 2.96. The van der Waals surface area contributed by atoms with Gasteiger partial charge in [0.2, 0.25) is 0 Å². The van der Waals surface area contributed by atoms with Crippen LogP contribution in [0.3, 0.4) is 0 Å². The second-order valence-corrected chi connectivity index (χ2v) is 6.90. The molecule has 0 spiro atoms. The number of thiophene rings is 1. The summed E-state index contributed by atoms with van der Waals surface area (Å²) in [4.78, 5) is 1.39. The van der Waals surface area contributed by atoms with Crippen LogP contribution < -0.4 is 5.32 Å². The van der Waals surface area contributed by atoms with Gasteiger partial charge in [0.15, 0.2) is 0 Å². The van der Waals surface area contributed by atoms with Crippen LogP contribution in [-0.2, 0) is 6.42 Å². The van der Waals surface area contributed by atoms with Gasteiger partial charge in [0.25, 0.3) is 0 Å². The number of aryl methyl sites for hydroxylation is 1. The average Bonchev–Trinajstić information content (AvgIpc) is 2.82. The maximum Gasteiger partial charge on any atom is 0.0701 e. The molecular formula is C15H18BrNS. The normalized spacial score (nSPS) is 12.6.